The first kappa shape index (κ1) is 6.09. The summed E-state index contributed by atoms with van der Waals surface area (Å²) >= 11 is 0. The quantitative estimate of drug-likeness (QED) is 0.596. The number of nitrogens with two attached hydrogens (primary N) is 1. The molecular formula is C6H5FN4. The molecule has 0 aliphatic heterocycles. The predicted octanol–water partition coefficient (Wildman–Crippen LogP) is 0.451. The zero-order valence-corrected chi connectivity index (χ0v) is 5.53. The van der Waals surface area contributed by atoms with Crippen LogP contribution in [0.2, 0.25) is 0 Å². The first-order valence-corrected chi connectivity index (χ1v) is 3.04. The highest BCUT2D eigenvalue weighted by Crippen LogP contribution is 2.07. The molecule has 11 heavy (non-hydrogen) atoms. The van der Waals surface area contributed by atoms with Crippen molar-refractivity contribution in [2.75, 3.05) is 5.73 Å². The van der Waals surface area contributed by atoms with Crippen LogP contribution >= 0.6 is 0 Å². The van der Waals surface area contributed by atoms with Crippen LogP contribution in [0.1, 0.15) is 0 Å². The van der Waals surface area contributed by atoms with Crippen molar-refractivity contribution in [2.45, 2.75) is 0 Å². The van der Waals surface area contributed by atoms with Crippen LogP contribution in [0.3, 0.4) is 0 Å². The highest BCUT2D eigenvalue weighted by Gasteiger charge is 2.04. The van der Waals surface area contributed by atoms with E-state index in [1.807, 2.05) is 0 Å². The van der Waals surface area contributed by atoms with Crippen molar-refractivity contribution in [3.8, 4) is 0 Å². The molecule has 0 amide bonds. The standard InChI is InChI=1S/C6H5FN4/c7-4-2-1-3-11-5(4)9-10-6(11)8/h1-3H,(H2,8,10). The number of nitrogen functional groups attached to an aromatic ring is 1. The zero-order chi connectivity index (χ0) is 7.84. The molecule has 4 nitrogen and oxygen atoms in total. The lowest BCUT2D eigenvalue weighted by atomic mass is 10.4. The van der Waals surface area contributed by atoms with E-state index >= 15 is 0 Å². The first-order valence-electron chi connectivity index (χ1n) is 3.04. The van der Waals surface area contributed by atoms with Gasteiger partial charge >= 0.3 is 0 Å². The molecule has 5 heteroatoms. The van der Waals surface area contributed by atoms with E-state index in [1.165, 1.54) is 10.5 Å². The number of pyridine rings is 1. The van der Waals surface area contributed by atoms with E-state index in [4.69, 9.17) is 5.73 Å². The van der Waals surface area contributed by atoms with Gasteiger partial charge in [-0.25, -0.2) is 4.39 Å². The van der Waals surface area contributed by atoms with Crippen LogP contribution in [0.15, 0.2) is 18.3 Å². The van der Waals surface area contributed by atoms with E-state index in [0.29, 0.717) is 0 Å². The SMILES string of the molecule is Nc1nnc2c(F)cccn12. The van der Waals surface area contributed by atoms with Crippen LogP contribution in [-0.4, -0.2) is 14.6 Å². The molecule has 56 valence electrons. The largest absolute Gasteiger partial charge is 0.368 e. The van der Waals surface area contributed by atoms with Gasteiger partial charge in [-0.15, -0.1) is 10.2 Å². The van der Waals surface area contributed by atoms with Gasteiger partial charge in [0.25, 0.3) is 0 Å². The summed E-state index contributed by atoms with van der Waals surface area (Å²) in [7, 11) is 0. The van der Waals surface area contributed by atoms with E-state index in [0.717, 1.165) is 0 Å². The lowest BCUT2D eigenvalue weighted by Gasteiger charge is -1.92. The van der Waals surface area contributed by atoms with Gasteiger partial charge in [0.2, 0.25) is 5.95 Å². The van der Waals surface area contributed by atoms with Crippen molar-refractivity contribution in [3.63, 3.8) is 0 Å². The number of hydrogen-bond acceptors (Lipinski definition) is 3. The van der Waals surface area contributed by atoms with Crippen LogP contribution in [0.4, 0.5) is 10.3 Å². The lowest BCUT2D eigenvalue weighted by Crippen LogP contribution is -1.93. The third-order valence-corrected chi connectivity index (χ3v) is 1.41. The number of halogens is 1. The van der Waals surface area contributed by atoms with E-state index in [1.54, 1.807) is 12.3 Å². The Morgan fingerprint density at radius 1 is 1.45 bits per heavy atom. The smallest absolute Gasteiger partial charge is 0.226 e. The van der Waals surface area contributed by atoms with Crippen LogP contribution in [0, 0.1) is 5.82 Å². The molecule has 0 bridgehead atoms. The molecule has 0 saturated carbocycles. The summed E-state index contributed by atoms with van der Waals surface area (Å²) in [4.78, 5) is 0. The maximum absolute atomic E-state index is 12.8. The van der Waals surface area contributed by atoms with Crippen LogP contribution < -0.4 is 5.73 Å². The molecule has 0 saturated heterocycles. The zero-order valence-electron chi connectivity index (χ0n) is 5.53. The highest BCUT2D eigenvalue weighted by atomic mass is 19.1. The molecule has 2 N–H and O–H groups in total. The van der Waals surface area contributed by atoms with Crippen molar-refractivity contribution in [1.82, 2.24) is 14.6 Å². The molecule has 2 rings (SSSR count). The first-order chi connectivity index (χ1) is 5.29. The fraction of sp³-hybridized carbons (Fsp3) is 0. The van der Waals surface area contributed by atoms with Gasteiger partial charge in [0.05, 0.1) is 0 Å². The van der Waals surface area contributed by atoms with E-state index in [2.05, 4.69) is 10.2 Å². The van der Waals surface area contributed by atoms with E-state index in [9.17, 15) is 4.39 Å². The van der Waals surface area contributed by atoms with Crippen molar-refractivity contribution >= 4 is 11.6 Å². The van der Waals surface area contributed by atoms with Gasteiger partial charge in [0, 0.05) is 6.20 Å². The normalized spacial score (nSPS) is 10.6. The predicted molar refractivity (Wildman–Crippen MR) is 37.4 cm³/mol. The summed E-state index contributed by atoms with van der Waals surface area (Å²) in [6, 6.07) is 2.85. The number of nitrogens with zero attached hydrogens (tertiary/aromatic N) is 3. The average molecular weight is 152 g/mol. The number of anilines is 1. The topological polar surface area (TPSA) is 56.2 Å². The third kappa shape index (κ3) is 0.739. The minimum Gasteiger partial charge on any atom is -0.368 e. The molecule has 0 spiro atoms. The average Bonchev–Trinajstić information content (AvgIpc) is 2.35. The van der Waals surface area contributed by atoms with Crippen LogP contribution in [0.25, 0.3) is 5.65 Å². The van der Waals surface area contributed by atoms with Crippen molar-refractivity contribution in [2.24, 2.45) is 0 Å². The van der Waals surface area contributed by atoms with Crippen molar-refractivity contribution in [3.05, 3.63) is 24.1 Å². The minimum absolute atomic E-state index is 0.157. The molecule has 2 aromatic heterocycles. The molecule has 0 atom stereocenters. The van der Waals surface area contributed by atoms with E-state index in [-0.39, 0.29) is 11.6 Å². The second-order valence-corrected chi connectivity index (χ2v) is 2.11. The van der Waals surface area contributed by atoms with Gasteiger partial charge < -0.3 is 5.73 Å². The number of rotatable bonds is 0. The Balaban J connectivity index is 2.94. The Hall–Kier alpha value is -1.65. The summed E-state index contributed by atoms with van der Waals surface area (Å²) in [6.07, 6.45) is 1.60. The van der Waals surface area contributed by atoms with Gasteiger partial charge in [0.1, 0.15) is 0 Å². The maximum Gasteiger partial charge on any atom is 0.226 e. The third-order valence-electron chi connectivity index (χ3n) is 1.41. The summed E-state index contributed by atoms with van der Waals surface area (Å²) < 4.78 is 14.2. The molecule has 0 aliphatic carbocycles. The summed E-state index contributed by atoms with van der Waals surface area (Å²) in [5.41, 5.74) is 5.53. The van der Waals surface area contributed by atoms with Crippen LogP contribution in [0.5, 0.6) is 0 Å². The fourth-order valence-electron chi connectivity index (χ4n) is 0.901. The van der Waals surface area contributed by atoms with Gasteiger partial charge in [-0.05, 0) is 12.1 Å². The second kappa shape index (κ2) is 1.91. The molecule has 0 unspecified atom stereocenters. The Kier molecular flexibility index (Phi) is 1.06. The number of fused-ring (bicyclic) bond motifs is 1. The summed E-state index contributed by atoms with van der Waals surface area (Å²) in [5, 5.41) is 7.04. The molecule has 0 aromatic carbocycles. The van der Waals surface area contributed by atoms with Gasteiger partial charge in [-0.1, -0.05) is 0 Å². The molecule has 2 heterocycles. The summed E-state index contributed by atoms with van der Waals surface area (Å²) in [5.74, 6) is -0.226. The van der Waals surface area contributed by atoms with Gasteiger partial charge in [-0.3, -0.25) is 4.40 Å². The fourth-order valence-corrected chi connectivity index (χ4v) is 0.901. The minimum atomic E-state index is -0.420. The Bertz CT molecular complexity index is 394. The van der Waals surface area contributed by atoms with Crippen molar-refractivity contribution in [1.29, 1.82) is 0 Å². The van der Waals surface area contributed by atoms with Gasteiger partial charge in [-0.2, -0.15) is 0 Å². The maximum atomic E-state index is 12.8. The molecule has 0 fully saturated rings. The van der Waals surface area contributed by atoms with E-state index < -0.39 is 5.82 Å². The number of hydrogen-bond donors (Lipinski definition) is 1. The van der Waals surface area contributed by atoms with Crippen LogP contribution in [-0.2, 0) is 0 Å². The lowest BCUT2D eigenvalue weighted by molar-refractivity contribution is 0.629. The molecular weight excluding hydrogens is 147 g/mol. The molecule has 2 aromatic rings. The Labute approximate surface area is 61.5 Å². The molecule has 0 radical (unpaired) electrons. The second-order valence-electron chi connectivity index (χ2n) is 2.11. The molecule has 0 aliphatic rings. The van der Waals surface area contributed by atoms with Gasteiger partial charge in [0.15, 0.2) is 11.5 Å². The summed E-state index contributed by atoms with van der Waals surface area (Å²) in [6.45, 7) is 0. The highest BCUT2D eigenvalue weighted by molar-refractivity contribution is 5.43. The monoisotopic (exact) mass is 152 g/mol. The van der Waals surface area contributed by atoms with Crippen molar-refractivity contribution < 1.29 is 4.39 Å². The number of aromatic nitrogens is 3. The Morgan fingerprint density at radius 2 is 2.27 bits per heavy atom. The Morgan fingerprint density at radius 3 is 3.00 bits per heavy atom.